The van der Waals surface area contributed by atoms with Crippen LogP contribution in [-0.4, -0.2) is 11.6 Å². The van der Waals surface area contributed by atoms with Gasteiger partial charge in [-0.25, -0.2) is 4.79 Å². The fraction of sp³-hybridized carbons (Fsp3) is 0.250. The Bertz CT molecular complexity index is 479. The number of benzene rings is 1. The average Bonchev–Trinajstić information content (AvgIpc) is 2.47. The minimum atomic E-state index is -0.414. The maximum absolute atomic E-state index is 11.8. The molecule has 0 bridgehead atoms. The molecule has 1 aliphatic carbocycles. The van der Waals surface area contributed by atoms with Gasteiger partial charge in [0.15, 0.2) is 0 Å². The number of hydrogen-bond donors (Lipinski definition) is 1. The Balaban J connectivity index is 1.87. The van der Waals surface area contributed by atoms with Gasteiger partial charge in [0.1, 0.15) is 6.61 Å². The highest BCUT2D eigenvalue weighted by Crippen LogP contribution is 2.21. The third-order valence-electron chi connectivity index (χ3n) is 3.15. The largest absolute Gasteiger partial charge is 0.445 e. The summed E-state index contributed by atoms with van der Waals surface area (Å²) in [6.45, 7) is 4.17. The highest BCUT2D eigenvalue weighted by molar-refractivity contribution is 5.69. The van der Waals surface area contributed by atoms with E-state index in [9.17, 15) is 4.79 Å². The summed E-state index contributed by atoms with van der Waals surface area (Å²) in [6.07, 6.45) is 8.79. The molecule has 1 aromatic rings. The van der Waals surface area contributed by atoms with E-state index in [1.54, 1.807) is 0 Å². The molecule has 0 spiro atoms. The van der Waals surface area contributed by atoms with E-state index in [4.69, 9.17) is 4.74 Å². The van der Waals surface area contributed by atoms with Gasteiger partial charge in [-0.3, -0.25) is 0 Å². The zero-order chi connectivity index (χ0) is 13.6. The van der Waals surface area contributed by atoms with E-state index in [2.05, 4.69) is 12.2 Å². The van der Waals surface area contributed by atoms with E-state index >= 15 is 0 Å². The summed E-state index contributed by atoms with van der Waals surface area (Å²) >= 11 is 0. The second-order valence-electron chi connectivity index (χ2n) is 4.58. The van der Waals surface area contributed by atoms with Crippen molar-refractivity contribution in [2.45, 2.75) is 25.0 Å². The number of carbonyl (C=O) groups is 1. The van der Waals surface area contributed by atoms with Crippen LogP contribution in [-0.2, 0) is 11.3 Å². The monoisotopic (exact) mass is 256 g/mol. The van der Waals surface area contributed by atoms with E-state index in [1.807, 2.05) is 54.6 Å². The topological polar surface area (TPSA) is 38.3 Å². The van der Waals surface area contributed by atoms with Gasteiger partial charge in [0.2, 0.25) is 0 Å². The zero-order valence-electron chi connectivity index (χ0n) is 10.8. The number of nitrogens with one attached hydrogen (secondary N) is 1. The van der Waals surface area contributed by atoms with Gasteiger partial charge in [0.25, 0.3) is 0 Å². The zero-order valence-corrected chi connectivity index (χ0v) is 10.8. The summed E-state index contributed by atoms with van der Waals surface area (Å²) in [5.74, 6) is 0. The molecule has 2 rings (SSSR count). The maximum atomic E-state index is 11.8. The molecule has 1 aromatic carbocycles. The Kier molecular flexibility index (Phi) is 4.39. The van der Waals surface area contributed by atoms with Crippen molar-refractivity contribution < 1.29 is 9.53 Å². The molecule has 3 heteroatoms. The Morgan fingerprint density at radius 2 is 2.11 bits per heavy atom. The Morgan fingerprint density at radius 1 is 1.32 bits per heavy atom. The predicted molar refractivity (Wildman–Crippen MR) is 75.4 cm³/mol. The van der Waals surface area contributed by atoms with Crippen molar-refractivity contribution in [3.63, 3.8) is 0 Å². The molecule has 0 heterocycles. The lowest BCUT2D eigenvalue weighted by Gasteiger charge is -2.30. The van der Waals surface area contributed by atoms with E-state index in [1.165, 1.54) is 0 Å². The molecule has 0 saturated carbocycles. The number of hydrogen-bond acceptors (Lipinski definition) is 2. The van der Waals surface area contributed by atoms with Crippen LogP contribution in [0.25, 0.3) is 0 Å². The van der Waals surface area contributed by atoms with Crippen LogP contribution in [0.1, 0.15) is 18.4 Å². The molecule has 0 fully saturated rings. The SMILES string of the molecule is [CH2]CC1(NC(=O)OCc2ccccc2)C=CC=CC1. The first-order valence-electron chi connectivity index (χ1n) is 6.37. The number of rotatable bonds is 4. The number of allylic oxidation sites excluding steroid dienone is 2. The lowest BCUT2D eigenvalue weighted by molar-refractivity contribution is 0.130. The normalized spacial score (nSPS) is 21.1. The van der Waals surface area contributed by atoms with Crippen LogP contribution in [0.3, 0.4) is 0 Å². The van der Waals surface area contributed by atoms with Crippen LogP contribution < -0.4 is 5.32 Å². The van der Waals surface area contributed by atoms with Gasteiger partial charge >= 0.3 is 6.09 Å². The molecular formula is C16H18NO2. The van der Waals surface area contributed by atoms with Crippen LogP contribution in [0, 0.1) is 6.92 Å². The van der Waals surface area contributed by atoms with Gasteiger partial charge in [-0.1, -0.05) is 61.6 Å². The average molecular weight is 256 g/mol. The lowest BCUT2D eigenvalue weighted by atomic mass is 9.89. The molecule has 1 radical (unpaired) electrons. The van der Waals surface area contributed by atoms with Crippen molar-refractivity contribution in [1.29, 1.82) is 0 Å². The third kappa shape index (κ3) is 3.71. The fourth-order valence-electron chi connectivity index (χ4n) is 1.97. The molecule has 1 unspecified atom stereocenters. The van der Waals surface area contributed by atoms with Crippen molar-refractivity contribution in [3.05, 3.63) is 67.1 Å². The number of alkyl carbamates (subject to hydrolysis) is 1. The molecule has 0 aromatic heterocycles. The first-order chi connectivity index (χ1) is 9.24. The quantitative estimate of drug-likeness (QED) is 0.896. The van der Waals surface area contributed by atoms with E-state index in [0.717, 1.165) is 12.0 Å². The summed E-state index contributed by atoms with van der Waals surface area (Å²) < 4.78 is 5.22. The third-order valence-corrected chi connectivity index (χ3v) is 3.15. The van der Waals surface area contributed by atoms with Gasteiger partial charge in [-0.2, -0.15) is 0 Å². The molecule has 0 aliphatic heterocycles. The van der Waals surface area contributed by atoms with Crippen molar-refractivity contribution in [2.75, 3.05) is 0 Å². The smallest absolute Gasteiger partial charge is 0.408 e. The van der Waals surface area contributed by atoms with Crippen molar-refractivity contribution >= 4 is 6.09 Å². The molecular weight excluding hydrogens is 238 g/mol. The second-order valence-corrected chi connectivity index (χ2v) is 4.58. The summed E-state index contributed by atoms with van der Waals surface area (Å²) in [7, 11) is 0. The fourth-order valence-corrected chi connectivity index (χ4v) is 1.97. The molecule has 3 nitrogen and oxygen atoms in total. The van der Waals surface area contributed by atoms with Crippen LogP contribution in [0.15, 0.2) is 54.6 Å². The van der Waals surface area contributed by atoms with Gasteiger partial charge in [-0.15, -0.1) is 0 Å². The van der Waals surface area contributed by atoms with Gasteiger partial charge in [-0.05, 0) is 18.4 Å². The summed E-state index contributed by atoms with van der Waals surface area (Å²) in [6, 6.07) is 9.62. The number of amides is 1. The molecule has 99 valence electrons. The summed E-state index contributed by atoms with van der Waals surface area (Å²) in [5.41, 5.74) is 0.558. The summed E-state index contributed by atoms with van der Waals surface area (Å²) in [4.78, 5) is 11.8. The van der Waals surface area contributed by atoms with Crippen molar-refractivity contribution in [2.24, 2.45) is 0 Å². The van der Waals surface area contributed by atoms with Gasteiger partial charge in [0, 0.05) is 0 Å². The maximum Gasteiger partial charge on any atom is 0.408 e. The van der Waals surface area contributed by atoms with Gasteiger partial charge in [0.05, 0.1) is 5.54 Å². The standard InChI is InChI=1S/C16H18NO2/c1-2-16(11-7-4-8-12-16)17-15(18)19-13-14-9-5-3-6-10-14/h3-11H,1-2,12-13H2,(H,17,18). The molecule has 0 saturated heterocycles. The van der Waals surface area contributed by atoms with Crippen LogP contribution in [0.2, 0.25) is 0 Å². The lowest BCUT2D eigenvalue weighted by Crippen LogP contribution is -2.46. The first kappa shape index (κ1) is 13.4. The number of ether oxygens (including phenoxy) is 1. The Labute approximate surface area is 114 Å². The van der Waals surface area contributed by atoms with Crippen LogP contribution in [0.4, 0.5) is 4.79 Å². The molecule has 1 atom stereocenters. The minimum absolute atomic E-state index is 0.277. The highest BCUT2D eigenvalue weighted by Gasteiger charge is 2.27. The van der Waals surface area contributed by atoms with E-state index < -0.39 is 11.6 Å². The van der Waals surface area contributed by atoms with Crippen LogP contribution in [0.5, 0.6) is 0 Å². The minimum Gasteiger partial charge on any atom is -0.445 e. The Hall–Kier alpha value is -2.03. The Morgan fingerprint density at radius 3 is 2.74 bits per heavy atom. The molecule has 19 heavy (non-hydrogen) atoms. The molecule has 1 N–H and O–H groups in total. The molecule has 1 amide bonds. The van der Waals surface area contributed by atoms with E-state index in [0.29, 0.717) is 6.42 Å². The first-order valence-corrected chi connectivity index (χ1v) is 6.37. The number of carbonyl (C=O) groups excluding carboxylic acids is 1. The van der Waals surface area contributed by atoms with E-state index in [-0.39, 0.29) is 6.61 Å². The van der Waals surface area contributed by atoms with Crippen LogP contribution >= 0.6 is 0 Å². The van der Waals surface area contributed by atoms with Crippen molar-refractivity contribution in [3.8, 4) is 0 Å². The van der Waals surface area contributed by atoms with Gasteiger partial charge < -0.3 is 10.1 Å². The predicted octanol–water partition coefficient (Wildman–Crippen LogP) is 3.39. The second kappa shape index (κ2) is 6.23. The molecule has 1 aliphatic rings. The summed E-state index contributed by atoms with van der Waals surface area (Å²) in [5, 5.41) is 2.89. The highest BCUT2D eigenvalue weighted by atomic mass is 16.5. The van der Waals surface area contributed by atoms with Crippen molar-refractivity contribution in [1.82, 2.24) is 5.32 Å².